The normalized spacial score (nSPS) is 36.4. The third-order valence-electron chi connectivity index (χ3n) is 10.7. The Bertz CT molecular complexity index is 1680. The highest BCUT2D eigenvalue weighted by Crippen LogP contribution is 2.47. The monoisotopic (exact) mass is 599 g/mol. The molecular formula is C33H37N5O6. The van der Waals surface area contributed by atoms with E-state index in [1.54, 1.807) is 4.90 Å². The number of aliphatic hydroxyl groups is 2. The van der Waals surface area contributed by atoms with Crippen LogP contribution >= 0.6 is 0 Å². The molecule has 3 aromatic rings. The molecule has 0 saturated carbocycles. The zero-order chi connectivity index (χ0) is 30.5. The number of nitrogens with one attached hydrogen (secondary N) is 2. The summed E-state index contributed by atoms with van der Waals surface area (Å²) in [4.78, 5) is 50.2. The van der Waals surface area contributed by atoms with Crippen molar-refractivity contribution in [3.05, 3.63) is 71.4 Å². The molecule has 0 radical (unpaired) electrons. The summed E-state index contributed by atoms with van der Waals surface area (Å²) < 4.78 is 6.20. The second-order valence-electron chi connectivity index (χ2n) is 13.3. The summed E-state index contributed by atoms with van der Waals surface area (Å²) >= 11 is 0. The fourth-order valence-electron chi connectivity index (χ4n) is 8.68. The van der Waals surface area contributed by atoms with Crippen molar-refractivity contribution >= 4 is 28.6 Å². The Morgan fingerprint density at radius 3 is 2.75 bits per heavy atom. The van der Waals surface area contributed by atoms with E-state index in [4.69, 9.17) is 4.74 Å². The SMILES string of the molecule is CN1C[C@H](C(=O)N[C@]2(C)O[C@@]3(O)[C@@H]4CCCN4C(=O)[C@H](Cc4ccccc4)N3C2=O)C(O)C2c3cccc4[nH]cc(c34)C[C@H]21. The topological polar surface area (TPSA) is 138 Å². The average molecular weight is 600 g/mol. The molecule has 4 aliphatic heterocycles. The van der Waals surface area contributed by atoms with Gasteiger partial charge in [-0.05, 0) is 56.0 Å². The Morgan fingerprint density at radius 2 is 1.95 bits per heavy atom. The van der Waals surface area contributed by atoms with Crippen LogP contribution in [0.15, 0.2) is 54.7 Å². The molecule has 5 heterocycles. The second-order valence-corrected chi connectivity index (χ2v) is 13.3. The Labute approximate surface area is 254 Å². The van der Waals surface area contributed by atoms with Crippen molar-refractivity contribution in [1.29, 1.82) is 0 Å². The zero-order valence-electron chi connectivity index (χ0n) is 24.8. The molecule has 11 nitrogen and oxygen atoms in total. The number of likely N-dealkylation sites (tertiary alicyclic amines) is 1. The highest BCUT2D eigenvalue weighted by molar-refractivity contribution is 5.97. The van der Waals surface area contributed by atoms with Crippen molar-refractivity contribution in [1.82, 2.24) is 25.0 Å². The van der Waals surface area contributed by atoms with Crippen molar-refractivity contribution in [2.75, 3.05) is 20.1 Å². The molecule has 4 saturated heterocycles. The average Bonchev–Trinajstić information content (AvgIpc) is 3.71. The summed E-state index contributed by atoms with van der Waals surface area (Å²) in [6.45, 7) is 2.18. The molecule has 1 aromatic heterocycles. The van der Waals surface area contributed by atoms with Gasteiger partial charge in [-0.15, -0.1) is 0 Å². The number of hydrogen-bond acceptors (Lipinski definition) is 7. The van der Waals surface area contributed by atoms with Crippen LogP contribution in [0, 0.1) is 5.92 Å². The van der Waals surface area contributed by atoms with Gasteiger partial charge in [0.1, 0.15) is 12.1 Å². The molecule has 3 amide bonds. The van der Waals surface area contributed by atoms with Crippen molar-refractivity contribution < 1.29 is 29.3 Å². The van der Waals surface area contributed by atoms with Gasteiger partial charge in [-0.25, -0.2) is 0 Å². The zero-order valence-corrected chi connectivity index (χ0v) is 24.8. The van der Waals surface area contributed by atoms with Crippen LogP contribution in [0.2, 0.25) is 0 Å². The minimum atomic E-state index is -2.10. The van der Waals surface area contributed by atoms with E-state index < -0.39 is 47.6 Å². The quantitative estimate of drug-likeness (QED) is 0.352. The highest BCUT2D eigenvalue weighted by atomic mass is 16.7. The van der Waals surface area contributed by atoms with E-state index in [1.807, 2.05) is 61.8 Å². The molecule has 5 aliphatic rings. The predicted molar refractivity (Wildman–Crippen MR) is 159 cm³/mol. The number of hydrogen-bond donors (Lipinski definition) is 4. The maximum absolute atomic E-state index is 14.2. The predicted octanol–water partition coefficient (Wildman–Crippen LogP) is 1.05. The fraction of sp³-hybridized carbons (Fsp3) is 0.485. The lowest BCUT2D eigenvalue weighted by Gasteiger charge is -2.48. The van der Waals surface area contributed by atoms with Gasteiger partial charge in [-0.3, -0.25) is 24.0 Å². The Kier molecular flexibility index (Phi) is 6.06. The van der Waals surface area contributed by atoms with Gasteiger partial charge in [-0.1, -0.05) is 42.5 Å². The summed E-state index contributed by atoms with van der Waals surface area (Å²) in [5.74, 6) is -4.71. The minimum absolute atomic E-state index is 0.00991. The summed E-state index contributed by atoms with van der Waals surface area (Å²) in [6, 6.07) is 13.6. The molecule has 8 atom stereocenters. The molecular weight excluding hydrogens is 562 g/mol. The van der Waals surface area contributed by atoms with E-state index in [0.29, 0.717) is 19.4 Å². The van der Waals surface area contributed by atoms with Crippen molar-refractivity contribution in [2.45, 2.75) is 74.4 Å². The highest BCUT2D eigenvalue weighted by Gasteiger charge is 2.70. The third kappa shape index (κ3) is 3.79. The third-order valence-corrected chi connectivity index (χ3v) is 10.7. The number of fused-ring (bicyclic) bond motifs is 5. The summed E-state index contributed by atoms with van der Waals surface area (Å²) in [6.07, 6.45) is 3.10. The van der Waals surface area contributed by atoms with Gasteiger partial charge in [0.15, 0.2) is 0 Å². The van der Waals surface area contributed by atoms with E-state index >= 15 is 0 Å². The van der Waals surface area contributed by atoms with Crippen LogP contribution < -0.4 is 5.32 Å². The molecule has 4 N–H and O–H groups in total. The van der Waals surface area contributed by atoms with Crippen LogP contribution in [0.5, 0.6) is 0 Å². The number of aliphatic hydroxyl groups excluding tert-OH is 1. The van der Waals surface area contributed by atoms with Gasteiger partial charge in [0, 0.05) is 48.6 Å². The first-order chi connectivity index (χ1) is 21.1. The number of piperazine rings is 1. The van der Waals surface area contributed by atoms with Gasteiger partial charge in [-0.2, -0.15) is 0 Å². The van der Waals surface area contributed by atoms with Crippen molar-refractivity contribution in [3.8, 4) is 0 Å². The van der Waals surface area contributed by atoms with Crippen LogP contribution in [0.1, 0.15) is 42.4 Å². The van der Waals surface area contributed by atoms with Gasteiger partial charge in [0.25, 0.3) is 11.8 Å². The number of aromatic amines is 1. The lowest BCUT2D eigenvalue weighted by atomic mass is 9.70. The number of carbonyl (C=O) groups excluding carboxylic acids is 3. The van der Waals surface area contributed by atoms with Crippen LogP contribution in [0.25, 0.3) is 10.9 Å². The smallest absolute Gasteiger partial charge is 0.280 e. The molecule has 2 unspecified atom stereocenters. The summed E-state index contributed by atoms with van der Waals surface area (Å²) in [7, 11) is 1.96. The summed E-state index contributed by atoms with van der Waals surface area (Å²) in [5, 5.41) is 27.7. The molecule has 4 fully saturated rings. The number of nitrogens with zero attached hydrogens (tertiary/aromatic N) is 3. The van der Waals surface area contributed by atoms with Crippen LogP contribution in [-0.4, -0.2) is 104 Å². The van der Waals surface area contributed by atoms with Crippen LogP contribution in [-0.2, 0) is 32.0 Å². The number of amides is 3. The first-order valence-corrected chi connectivity index (χ1v) is 15.5. The minimum Gasteiger partial charge on any atom is -0.392 e. The number of ether oxygens (including phenoxy) is 1. The molecule has 44 heavy (non-hydrogen) atoms. The number of H-pyrrole nitrogens is 1. The standard InChI is InChI=1S/C33H37N5O6/c1-32(31(42)38-24(14-18-8-4-3-5-9-18)30(41)37-13-7-12-25(37)33(38,43)44-32)35-29(40)21-17-36(2)23-15-19-16-34-22-11-6-10-20(26(19)22)27(23)28(21)39/h3-6,8-11,16,21,23-25,27-28,34,39,43H,7,12-15,17H2,1-2H3,(H,35,40)/t21-,23+,24-,25-,27?,28?,32+,33-/m0/s1. The molecule has 2 aromatic carbocycles. The second kappa shape index (κ2) is 9.61. The van der Waals surface area contributed by atoms with E-state index in [-0.39, 0.29) is 30.8 Å². The molecule has 230 valence electrons. The maximum Gasteiger partial charge on any atom is 0.280 e. The maximum atomic E-state index is 14.2. The first-order valence-electron chi connectivity index (χ1n) is 15.5. The summed E-state index contributed by atoms with van der Waals surface area (Å²) in [5.41, 5.74) is 2.10. The van der Waals surface area contributed by atoms with Crippen LogP contribution in [0.4, 0.5) is 0 Å². The van der Waals surface area contributed by atoms with Gasteiger partial charge in [0.05, 0.1) is 12.0 Å². The number of likely N-dealkylation sites (N-methyl/N-ethyl adjacent to an activating group) is 1. The molecule has 1 aliphatic carbocycles. The Morgan fingerprint density at radius 1 is 1.16 bits per heavy atom. The number of piperidine rings is 1. The fourth-order valence-corrected chi connectivity index (χ4v) is 8.68. The van der Waals surface area contributed by atoms with E-state index in [9.17, 15) is 24.6 Å². The molecule has 8 rings (SSSR count). The van der Waals surface area contributed by atoms with Gasteiger partial charge in [0.2, 0.25) is 17.5 Å². The number of benzene rings is 2. The molecule has 0 bridgehead atoms. The van der Waals surface area contributed by atoms with Gasteiger partial charge < -0.3 is 30.3 Å². The molecule has 11 heteroatoms. The van der Waals surface area contributed by atoms with E-state index in [2.05, 4.69) is 15.2 Å². The Hall–Kier alpha value is -3.77. The molecule has 0 spiro atoms. The number of carbonyl (C=O) groups is 3. The largest absolute Gasteiger partial charge is 0.392 e. The van der Waals surface area contributed by atoms with Gasteiger partial charge >= 0.3 is 0 Å². The Balaban J connectivity index is 1.10. The van der Waals surface area contributed by atoms with Crippen LogP contribution in [0.3, 0.4) is 0 Å². The lowest BCUT2D eigenvalue weighted by Crippen LogP contribution is -2.71. The van der Waals surface area contributed by atoms with E-state index in [1.165, 1.54) is 12.5 Å². The number of rotatable bonds is 4. The van der Waals surface area contributed by atoms with Crippen molar-refractivity contribution in [2.24, 2.45) is 5.92 Å². The number of aromatic nitrogens is 1. The lowest BCUT2D eigenvalue weighted by molar-refractivity contribution is -0.315. The van der Waals surface area contributed by atoms with E-state index in [0.717, 1.165) is 33.4 Å². The first kappa shape index (κ1) is 27.8. The van der Waals surface area contributed by atoms with Crippen molar-refractivity contribution in [3.63, 3.8) is 0 Å².